The highest BCUT2D eigenvalue weighted by Crippen LogP contribution is 2.24. The third-order valence-electron chi connectivity index (χ3n) is 4.97. The Bertz CT molecular complexity index is 1430. The summed E-state index contributed by atoms with van der Waals surface area (Å²) in [5.41, 5.74) is 2.33. The van der Waals surface area contributed by atoms with Crippen LogP contribution < -0.4 is 10.0 Å². The number of carbonyl (C=O) groups is 1. The molecule has 0 aliphatic rings. The molecule has 0 aliphatic carbocycles. The number of aryl methyl sites for hydroxylation is 2. The van der Waals surface area contributed by atoms with Crippen molar-refractivity contribution < 1.29 is 17.6 Å². The zero-order chi connectivity index (χ0) is 23.6. The maximum Gasteiger partial charge on any atom is 0.276 e. The van der Waals surface area contributed by atoms with Crippen molar-refractivity contribution in [3.8, 4) is 5.69 Å². The van der Waals surface area contributed by atoms with Crippen molar-refractivity contribution >= 4 is 27.3 Å². The van der Waals surface area contributed by atoms with Gasteiger partial charge in [0.1, 0.15) is 5.82 Å². The first-order valence-electron chi connectivity index (χ1n) is 10.1. The van der Waals surface area contributed by atoms with E-state index in [1.807, 2.05) is 37.3 Å². The normalized spacial score (nSPS) is 11.2. The summed E-state index contributed by atoms with van der Waals surface area (Å²) in [5, 5.41) is 7.05. The number of anilines is 2. The Labute approximate surface area is 190 Å². The van der Waals surface area contributed by atoms with Crippen LogP contribution in [-0.4, -0.2) is 24.1 Å². The van der Waals surface area contributed by atoms with Gasteiger partial charge in [-0.1, -0.05) is 36.4 Å². The number of hydrogen-bond acceptors (Lipinski definition) is 4. The zero-order valence-corrected chi connectivity index (χ0v) is 18.7. The molecule has 4 aromatic rings. The molecule has 3 aromatic carbocycles. The molecule has 2 N–H and O–H groups in total. The van der Waals surface area contributed by atoms with Gasteiger partial charge in [0.15, 0.2) is 5.69 Å². The Hall–Kier alpha value is -3.98. The van der Waals surface area contributed by atoms with E-state index in [9.17, 15) is 17.6 Å². The van der Waals surface area contributed by atoms with E-state index in [1.54, 1.807) is 29.8 Å². The number of hydrogen-bond donors (Lipinski definition) is 2. The summed E-state index contributed by atoms with van der Waals surface area (Å²) in [6, 6.07) is 21.0. The Morgan fingerprint density at radius 1 is 0.939 bits per heavy atom. The third kappa shape index (κ3) is 4.78. The number of amides is 1. The van der Waals surface area contributed by atoms with Crippen LogP contribution in [-0.2, 0) is 10.0 Å². The molecule has 9 heteroatoms. The zero-order valence-electron chi connectivity index (χ0n) is 17.9. The van der Waals surface area contributed by atoms with Gasteiger partial charge in [0.2, 0.25) is 0 Å². The van der Waals surface area contributed by atoms with E-state index in [1.165, 1.54) is 24.3 Å². The summed E-state index contributed by atoms with van der Waals surface area (Å²) in [6.45, 7) is 3.45. The molecular formula is C24H21FN4O3S. The SMILES string of the molecule is Cc1ccc(NC(=O)c2cc(C)n(-c3ccccc3)n2)cc1S(=O)(=O)Nc1ccccc1F. The van der Waals surface area contributed by atoms with E-state index in [0.29, 0.717) is 5.56 Å². The number of aromatic nitrogens is 2. The molecule has 0 aliphatic heterocycles. The number of rotatable bonds is 6. The molecule has 0 unspecified atom stereocenters. The third-order valence-corrected chi connectivity index (χ3v) is 6.48. The summed E-state index contributed by atoms with van der Waals surface area (Å²) in [5.74, 6) is -1.17. The van der Waals surface area contributed by atoms with Gasteiger partial charge < -0.3 is 5.32 Å². The molecule has 33 heavy (non-hydrogen) atoms. The minimum absolute atomic E-state index is 0.0745. The molecule has 0 saturated carbocycles. The summed E-state index contributed by atoms with van der Waals surface area (Å²) in [7, 11) is -4.09. The van der Waals surface area contributed by atoms with E-state index in [-0.39, 0.29) is 22.0 Å². The minimum Gasteiger partial charge on any atom is -0.321 e. The van der Waals surface area contributed by atoms with Crippen molar-refractivity contribution in [1.82, 2.24) is 9.78 Å². The van der Waals surface area contributed by atoms with Gasteiger partial charge in [-0.2, -0.15) is 5.10 Å². The highest BCUT2D eigenvalue weighted by molar-refractivity contribution is 7.92. The molecule has 1 aromatic heterocycles. The van der Waals surface area contributed by atoms with Crippen LogP contribution in [0, 0.1) is 19.7 Å². The molecule has 0 saturated heterocycles. The van der Waals surface area contributed by atoms with Crippen molar-refractivity contribution in [2.45, 2.75) is 18.7 Å². The summed E-state index contributed by atoms with van der Waals surface area (Å²) >= 11 is 0. The lowest BCUT2D eigenvalue weighted by Gasteiger charge is -2.13. The molecule has 168 valence electrons. The van der Waals surface area contributed by atoms with Crippen LogP contribution in [0.3, 0.4) is 0 Å². The standard InChI is InChI=1S/C24H21FN4O3S/c1-16-12-13-18(15-23(16)33(31,32)28-21-11-7-6-10-20(21)25)26-24(30)22-14-17(2)29(27-22)19-8-4-3-5-9-19/h3-15,28H,1-2H3,(H,26,30). The molecule has 0 radical (unpaired) electrons. The average molecular weight is 465 g/mol. The van der Waals surface area contributed by atoms with Crippen molar-refractivity contribution in [2.75, 3.05) is 10.0 Å². The van der Waals surface area contributed by atoms with Gasteiger partial charge in [-0.3, -0.25) is 9.52 Å². The fourth-order valence-electron chi connectivity index (χ4n) is 3.32. The number of carbonyl (C=O) groups excluding carboxylic acids is 1. The quantitative estimate of drug-likeness (QED) is 0.433. The van der Waals surface area contributed by atoms with Gasteiger partial charge in [0, 0.05) is 11.4 Å². The summed E-state index contributed by atoms with van der Waals surface area (Å²) in [6.07, 6.45) is 0. The van der Waals surface area contributed by atoms with Gasteiger partial charge in [-0.25, -0.2) is 17.5 Å². The lowest BCUT2D eigenvalue weighted by Crippen LogP contribution is -2.17. The van der Waals surface area contributed by atoms with Gasteiger partial charge in [0.25, 0.3) is 15.9 Å². The number of halogens is 1. The van der Waals surface area contributed by atoms with Crippen LogP contribution in [0.4, 0.5) is 15.8 Å². The summed E-state index contributed by atoms with van der Waals surface area (Å²) in [4.78, 5) is 12.7. The van der Waals surface area contributed by atoms with Gasteiger partial charge in [-0.05, 0) is 61.9 Å². The van der Waals surface area contributed by atoms with Gasteiger partial charge in [-0.15, -0.1) is 0 Å². The fourth-order valence-corrected chi connectivity index (χ4v) is 4.66. The van der Waals surface area contributed by atoms with Crippen molar-refractivity contribution in [3.63, 3.8) is 0 Å². The van der Waals surface area contributed by atoms with E-state index in [0.717, 1.165) is 17.4 Å². The van der Waals surface area contributed by atoms with Crippen molar-refractivity contribution in [2.24, 2.45) is 0 Å². The second-order valence-electron chi connectivity index (χ2n) is 7.44. The van der Waals surface area contributed by atoms with Gasteiger partial charge in [0.05, 0.1) is 16.3 Å². The lowest BCUT2D eigenvalue weighted by atomic mass is 10.2. The maximum absolute atomic E-state index is 13.9. The van der Waals surface area contributed by atoms with Crippen LogP contribution >= 0.6 is 0 Å². The van der Waals surface area contributed by atoms with Crippen LogP contribution in [0.15, 0.2) is 83.8 Å². The van der Waals surface area contributed by atoms with Crippen LogP contribution in [0.5, 0.6) is 0 Å². The molecule has 1 amide bonds. The fraction of sp³-hybridized carbons (Fsp3) is 0.0833. The molecule has 0 spiro atoms. The molecule has 4 rings (SSSR count). The van der Waals surface area contributed by atoms with Crippen molar-refractivity contribution in [3.05, 3.63) is 102 Å². The highest BCUT2D eigenvalue weighted by Gasteiger charge is 2.20. The van der Waals surface area contributed by atoms with E-state index in [4.69, 9.17) is 0 Å². The van der Waals surface area contributed by atoms with Crippen molar-refractivity contribution in [1.29, 1.82) is 0 Å². The topological polar surface area (TPSA) is 93.1 Å². The number of sulfonamides is 1. The molecule has 0 bridgehead atoms. The average Bonchev–Trinajstić information content (AvgIpc) is 3.19. The molecule has 0 fully saturated rings. The van der Waals surface area contributed by atoms with Crippen LogP contribution in [0.2, 0.25) is 0 Å². The smallest absolute Gasteiger partial charge is 0.276 e. The predicted octanol–water partition coefficient (Wildman–Crippen LogP) is 4.68. The lowest BCUT2D eigenvalue weighted by molar-refractivity contribution is 0.102. The predicted molar refractivity (Wildman–Crippen MR) is 125 cm³/mol. The first kappa shape index (κ1) is 22.2. The van der Waals surface area contributed by atoms with Crippen LogP contribution in [0.1, 0.15) is 21.7 Å². The second kappa shape index (κ2) is 8.87. The van der Waals surface area contributed by atoms with E-state index >= 15 is 0 Å². The van der Waals surface area contributed by atoms with Crippen LogP contribution in [0.25, 0.3) is 5.69 Å². The number of benzene rings is 3. The second-order valence-corrected chi connectivity index (χ2v) is 9.09. The van der Waals surface area contributed by atoms with E-state index in [2.05, 4.69) is 15.1 Å². The minimum atomic E-state index is -4.09. The Balaban J connectivity index is 1.58. The Morgan fingerprint density at radius 3 is 2.36 bits per heavy atom. The first-order valence-corrected chi connectivity index (χ1v) is 11.5. The maximum atomic E-state index is 13.9. The Morgan fingerprint density at radius 2 is 1.64 bits per heavy atom. The molecular weight excluding hydrogens is 443 g/mol. The highest BCUT2D eigenvalue weighted by atomic mass is 32.2. The number of para-hydroxylation sites is 2. The largest absolute Gasteiger partial charge is 0.321 e. The molecule has 7 nitrogen and oxygen atoms in total. The first-order chi connectivity index (χ1) is 15.7. The molecule has 0 atom stereocenters. The molecule has 1 heterocycles. The number of nitrogens with zero attached hydrogens (tertiary/aromatic N) is 2. The van der Waals surface area contributed by atoms with E-state index < -0.39 is 21.7 Å². The monoisotopic (exact) mass is 464 g/mol. The Kier molecular flexibility index (Phi) is 5.97. The van der Waals surface area contributed by atoms with Gasteiger partial charge >= 0.3 is 0 Å². The summed E-state index contributed by atoms with van der Waals surface area (Å²) < 4.78 is 43.6. The number of nitrogens with one attached hydrogen (secondary N) is 2.